The van der Waals surface area contributed by atoms with Crippen LogP contribution in [-0.2, 0) is 15.9 Å². The van der Waals surface area contributed by atoms with E-state index in [9.17, 15) is 13.2 Å². The van der Waals surface area contributed by atoms with E-state index in [1.165, 1.54) is 6.07 Å². The van der Waals surface area contributed by atoms with Crippen molar-refractivity contribution in [1.29, 1.82) is 0 Å². The van der Waals surface area contributed by atoms with Gasteiger partial charge in [0.05, 0.1) is 13.2 Å². The highest BCUT2D eigenvalue weighted by Gasteiger charge is 2.23. The van der Waals surface area contributed by atoms with Crippen molar-refractivity contribution >= 4 is 0 Å². The van der Waals surface area contributed by atoms with Crippen LogP contribution in [0.15, 0.2) is 67.3 Å². The smallest absolute Gasteiger partial charge is 0.166 e. The van der Waals surface area contributed by atoms with E-state index < -0.39 is 11.6 Å². The molecule has 33 heavy (non-hydrogen) atoms. The van der Waals surface area contributed by atoms with E-state index in [-0.39, 0.29) is 23.6 Å². The van der Waals surface area contributed by atoms with Crippen molar-refractivity contribution in [3.8, 4) is 22.3 Å². The molecule has 3 aromatic carbocycles. The summed E-state index contributed by atoms with van der Waals surface area (Å²) in [4.78, 5) is 0. The van der Waals surface area contributed by atoms with Gasteiger partial charge in [0.15, 0.2) is 17.9 Å². The summed E-state index contributed by atoms with van der Waals surface area (Å²) in [7, 11) is 0. The number of aryl methyl sites for hydroxylation is 1. The van der Waals surface area contributed by atoms with E-state index in [2.05, 4.69) is 6.58 Å². The van der Waals surface area contributed by atoms with Crippen LogP contribution in [-0.4, -0.2) is 19.5 Å². The molecule has 0 N–H and O–H groups in total. The van der Waals surface area contributed by atoms with Crippen LogP contribution in [0.25, 0.3) is 22.3 Å². The molecular formula is C28H27F3O2. The Labute approximate surface area is 192 Å². The Bertz CT molecular complexity index is 1120. The Balaban J connectivity index is 1.52. The predicted molar refractivity (Wildman–Crippen MR) is 124 cm³/mol. The number of benzene rings is 3. The zero-order valence-corrected chi connectivity index (χ0v) is 18.6. The van der Waals surface area contributed by atoms with Crippen molar-refractivity contribution in [3.63, 3.8) is 0 Å². The van der Waals surface area contributed by atoms with E-state index >= 15 is 0 Å². The first-order chi connectivity index (χ1) is 16.0. The standard InChI is InChI=1S/C28H27F3O2/c1-3-4-5-6-21-11-14-25(28(31)27(21)30)20-9-7-19(8-10-20)22-12-13-24(26(29)15-22)23-16-32-18(2)33-17-23/h3,7-15,18,23H,1,4-6,16-17H2,2H3. The maximum atomic E-state index is 14.8. The first-order valence-corrected chi connectivity index (χ1v) is 11.2. The fourth-order valence-electron chi connectivity index (χ4n) is 4.10. The number of hydrogen-bond donors (Lipinski definition) is 0. The average molecular weight is 453 g/mol. The summed E-state index contributed by atoms with van der Waals surface area (Å²) >= 11 is 0. The molecule has 1 heterocycles. The first kappa shape index (κ1) is 23.3. The number of unbranched alkanes of at least 4 members (excludes halogenated alkanes) is 1. The minimum atomic E-state index is -0.847. The number of rotatable bonds is 7. The van der Waals surface area contributed by atoms with Crippen molar-refractivity contribution < 1.29 is 22.6 Å². The summed E-state index contributed by atoms with van der Waals surface area (Å²) in [6, 6.07) is 15.4. The lowest BCUT2D eigenvalue weighted by Crippen LogP contribution is -2.29. The molecule has 3 aromatic rings. The van der Waals surface area contributed by atoms with Gasteiger partial charge in [-0.1, -0.05) is 54.6 Å². The lowest BCUT2D eigenvalue weighted by Gasteiger charge is -2.27. The van der Waals surface area contributed by atoms with Gasteiger partial charge in [-0.05, 0) is 60.1 Å². The van der Waals surface area contributed by atoms with Gasteiger partial charge in [0.25, 0.3) is 0 Å². The summed E-state index contributed by atoms with van der Waals surface area (Å²) in [5, 5.41) is 0. The summed E-state index contributed by atoms with van der Waals surface area (Å²) in [5.74, 6) is -2.11. The normalized spacial score (nSPS) is 18.3. The van der Waals surface area contributed by atoms with Crippen molar-refractivity contribution in [3.05, 3.63) is 95.8 Å². The third-order valence-corrected chi connectivity index (χ3v) is 6.05. The lowest BCUT2D eigenvalue weighted by atomic mass is 9.94. The van der Waals surface area contributed by atoms with Gasteiger partial charge >= 0.3 is 0 Å². The molecule has 0 bridgehead atoms. The fourth-order valence-corrected chi connectivity index (χ4v) is 4.10. The minimum Gasteiger partial charge on any atom is -0.352 e. The van der Waals surface area contributed by atoms with Crippen molar-refractivity contribution in [2.75, 3.05) is 13.2 Å². The Morgan fingerprint density at radius 1 is 0.879 bits per heavy atom. The molecule has 1 saturated heterocycles. The molecule has 1 fully saturated rings. The lowest BCUT2D eigenvalue weighted by molar-refractivity contribution is -0.176. The number of ether oxygens (including phenoxy) is 2. The van der Waals surface area contributed by atoms with E-state index in [4.69, 9.17) is 9.47 Å². The highest BCUT2D eigenvalue weighted by atomic mass is 19.2. The van der Waals surface area contributed by atoms with Crippen LogP contribution in [0.4, 0.5) is 13.2 Å². The summed E-state index contributed by atoms with van der Waals surface area (Å²) in [6.45, 7) is 6.30. The van der Waals surface area contributed by atoms with Crippen LogP contribution < -0.4 is 0 Å². The van der Waals surface area contributed by atoms with Crippen LogP contribution in [0.2, 0.25) is 0 Å². The Morgan fingerprint density at radius 3 is 2.21 bits per heavy atom. The topological polar surface area (TPSA) is 18.5 Å². The van der Waals surface area contributed by atoms with Crippen molar-refractivity contribution in [1.82, 2.24) is 0 Å². The molecular weight excluding hydrogens is 425 g/mol. The molecule has 0 radical (unpaired) electrons. The van der Waals surface area contributed by atoms with Crippen LogP contribution in [0, 0.1) is 17.5 Å². The molecule has 0 saturated carbocycles. The van der Waals surface area contributed by atoms with Crippen molar-refractivity contribution in [2.24, 2.45) is 0 Å². The van der Waals surface area contributed by atoms with Gasteiger partial charge in [-0.15, -0.1) is 6.58 Å². The third-order valence-electron chi connectivity index (χ3n) is 6.05. The Morgan fingerprint density at radius 2 is 1.55 bits per heavy atom. The van der Waals surface area contributed by atoms with Gasteiger partial charge in [-0.3, -0.25) is 0 Å². The molecule has 1 aliphatic rings. The first-order valence-electron chi connectivity index (χ1n) is 11.2. The summed E-state index contributed by atoms with van der Waals surface area (Å²) in [6.07, 6.45) is 3.45. The highest BCUT2D eigenvalue weighted by Crippen LogP contribution is 2.31. The van der Waals surface area contributed by atoms with E-state index in [0.29, 0.717) is 41.9 Å². The van der Waals surface area contributed by atoms with E-state index in [1.54, 1.807) is 48.5 Å². The average Bonchev–Trinajstić information content (AvgIpc) is 2.83. The van der Waals surface area contributed by atoms with Gasteiger partial charge in [-0.2, -0.15) is 0 Å². The second-order valence-corrected chi connectivity index (χ2v) is 8.33. The molecule has 1 aliphatic heterocycles. The van der Waals surface area contributed by atoms with Gasteiger partial charge in [0, 0.05) is 11.5 Å². The highest BCUT2D eigenvalue weighted by molar-refractivity contribution is 5.71. The molecule has 0 spiro atoms. The SMILES string of the molecule is C=CCCCc1ccc(-c2ccc(-c3ccc(C4COC(C)OC4)c(F)c3)cc2)c(F)c1F. The fraction of sp³-hybridized carbons (Fsp3) is 0.286. The number of allylic oxidation sites excluding steroid dienone is 1. The second kappa shape index (κ2) is 10.4. The van der Waals surface area contributed by atoms with Crippen LogP contribution in [0.5, 0.6) is 0 Å². The van der Waals surface area contributed by atoms with Crippen LogP contribution in [0.1, 0.15) is 36.8 Å². The molecule has 0 amide bonds. The monoisotopic (exact) mass is 452 g/mol. The Hall–Kier alpha value is -2.89. The third kappa shape index (κ3) is 5.21. The zero-order valence-electron chi connectivity index (χ0n) is 18.6. The van der Waals surface area contributed by atoms with Gasteiger partial charge < -0.3 is 9.47 Å². The molecule has 172 valence electrons. The molecule has 0 atom stereocenters. The maximum Gasteiger partial charge on any atom is 0.166 e. The summed E-state index contributed by atoms with van der Waals surface area (Å²) < 4.78 is 55.0. The molecule has 0 aromatic heterocycles. The quantitative estimate of drug-likeness (QED) is 0.274. The van der Waals surface area contributed by atoms with Gasteiger partial charge in [0.1, 0.15) is 5.82 Å². The van der Waals surface area contributed by atoms with Crippen LogP contribution in [0.3, 0.4) is 0 Å². The molecule has 4 rings (SSSR count). The van der Waals surface area contributed by atoms with E-state index in [1.807, 2.05) is 13.0 Å². The minimum absolute atomic E-state index is 0.143. The Kier molecular flexibility index (Phi) is 7.31. The maximum absolute atomic E-state index is 14.8. The number of hydrogen-bond acceptors (Lipinski definition) is 2. The zero-order chi connectivity index (χ0) is 23.4. The molecule has 5 heteroatoms. The molecule has 2 nitrogen and oxygen atoms in total. The van der Waals surface area contributed by atoms with Crippen molar-refractivity contribution in [2.45, 2.75) is 38.4 Å². The van der Waals surface area contributed by atoms with Gasteiger partial charge in [-0.25, -0.2) is 13.2 Å². The molecule has 0 aliphatic carbocycles. The second-order valence-electron chi connectivity index (χ2n) is 8.33. The van der Waals surface area contributed by atoms with E-state index in [0.717, 1.165) is 18.4 Å². The molecule has 0 unspecified atom stereocenters. The van der Waals surface area contributed by atoms with Crippen LogP contribution >= 0.6 is 0 Å². The predicted octanol–water partition coefficient (Wildman–Crippen LogP) is 7.42. The largest absolute Gasteiger partial charge is 0.352 e. The number of halogens is 3. The van der Waals surface area contributed by atoms with Gasteiger partial charge in [0.2, 0.25) is 0 Å². The summed E-state index contributed by atoms with van der Waals surface area (Å²) in [5.41, 5.74) is 3.20.